The van der Waals surface area contributed by atoms with Crippen molar-refractivity contribution >= 4 is 8.32 Å². The fourth-order valence-corrected chi connectivity index (χ4v) is 3.42. The van der Waals surface area contributed by atoms with E-state index in [-0.39, 0.29) is 10.5 Å². The predicted octanol–water partition coefficient (Wildman–Crippen LogP) is 5.46. The molecule has 1 rings (SSSR count). The Bertz CT molecular complexity index is 369. The van der Waals surface area contributed by atoms with Crippen molar-refractivity contribution in [2.75, 3.05) is 0 Å². The molecule has 0 bridgehead atoms. The molecule has 1 unspecified atom stereocenters. The smallest absolute Gasteiger partial charge is 0.213 e. The Balaban J connectivity index is 3.02. The van der Waals surface area contributed by atoms with E-state index in [0.717, 1.165) is 12.2 Å². The largest absolute Gasteiger partial charge is 0.466 e. The predicted molar refractivity (Wildman–Crippen MR) is 84.5 cm³/mol. The molecule has 1 aliphatic heterocycles. The molecule has 0 aromatic rings. The second kappa shape index (κ2) is 4.63. The first-order valence-electron chi connectivity index (χ1n) is 7.27. The topological polar surface area (TPSA) is 18.5 Å². The lowest BCUT2D eigenvalue weighted by Gasteiger charge is -2.56. The first-order chi connectivity index (χ1) is 8.22. The molecule has 112 valence electrons. The van der Waals surface area contributed by atoms with E-state index in [0.29, 0.717) is 0 Å². The van der Waals surface area contributed by atoms with Gasteiger partial charge in [0.25, 0.3) is 0 Å². The molecule has 1 aliphatic rings. The highest BCUT2D eigenvalue weighted by molar-refractivity contribution is 6.74. The van der Waals surface area contributed by atoms with E-state index in [2.05, 4.69) is 68.5 Å². The third-order valence-corrected chi connectivity index (χ3v) is 9.06. The summed E-state index contributed by atoms with van der Waals surface area (Å²) in [7, 11) is -1.83. The van der Waals surface area contributed by atoms with Gasteiger partial charge in [-0.05, 0) is 37.6 Å². The molecule has 0 aromatic heterocycles. The lowest BCUT2D eigenvalue weighted by molar-refractivity contribution is -0.285. The van der Waals surface area contributed by atoms with Crippen molar-refractivity contribution in [1.82, 2.24) is 0 Å². The van der Waals surface area contributed by atoms with Gasteiger partial charge in [-0.1, -0.05) is 41.5 Å². The fraction of sp³-hybridized carbons (Fsp3) is 0.875. The molecule has 0 saturated carbocycles. The number of hydrogen-bond donors (Lipinski definition) is 0. The van der Waals surface area contributed by atoms with Gasteiger partial charge in [0.2, 0.25) is 5.79 Å². The van der Waals surface area contributed by atoms with E-state index in [1.54, 1.807) is 0 Å². The molecule has 1 saturated heterocycles. The van der Waals surface area contributed by atoms with E-state index in [9.17, 15) is 0 Å². The zero-order valence-electron chi connectivity index (χ0n) is 14.5. The Kier molecular flexibility index (Phi) is 4.08. The van der Waals surface area contributed by atoms with Crippen LogP contribution < -0.4 is 0 Å². The molecule has 3 heteroatoms. The van der Waals surface area contributed by atoms with Crippen molar-refractivity contribution in [3.63, 3.8) is 0 Å². The summed E-state index contributed by atoms with van der Waals surface area (Å²) < 4.78 is 12.8. The first-order valence-corrected chi connectivity index (χ1v) is 10.2. The molecule has 0 aliphatic carbocycles. The summed E-state index contributed by atoms with van der Waals surface area (Å²) in [5, 5.41) is 0.204. The van der Waals surface area contributed by atoms with Gasteiger partial charge in [0.1, 0.15) is 5.76 Å². The Morgan fingerprint density at radius 3 is 1.79 bits per heavy atom. The molecule has 0 spiro atoms. The van der Waals surface area contributed by atoms with Crippen LogP contribution in [0.2, 0.25) is 18.1 Å². The van der Waals surface area contributed by atoms with Crippen LogP contribution in [0, 0.1) is 5.41 Å². The van der Waals surface area contributed by atoms with Crippen LogP contribution in [-0.4, -0.2) is 14.1 Å². The zero-order valence-corrected chi connectivity index (χ0v) is 15.5. The minimum absolute atomic E-state index is 0.0124. The Morgan fingerprint density at radius 1 is 1.11 bits per heavy atom. The van der Waals surface area contributed by atoms with Gasteiger partial charge in [-0.2, -0.15) is 0 Å². The maximum atomic E-state index is 6.65. The quantitative estimate of drug-likeness (QED) is 0.626. The Hall–Kier alpha value is -0.283. The molecule has 0 N–H and O–H groups in total. The second-order valence-corrected chi connectivity index (χ2v) is 13.3. The standard InChI is InChI=1S/C16H32O2Si/c1-12(2)13-11-16(17-13,14(3,4)5)18-19(9,10)15(6,7)8/h11H2,1-10H3. The average molecular weight is 285 g/mol. The summed E-state index contributed by atoms with van der Waals surface area (Å²) in [6.07, 6.45) is 0.908. The molecular weight excluding hydrogens is 252 g/mol. The maximum absolute atomic E-state index is 6.65. The highest BCUT2D eigenvalue weighted by Crippen LogP contribution is 2.53. The monoisotopic (exact) mass is 284 g/mol. The van der Waals surface area contributed by atoms with Gasteiger partial charge in [-0.3, -0.25) is 0 Å². The SMILES string of the molecule is CC(C)=C1CC(O[Si](C)(C)C(C)(C)C)(C(C)(C)C)O1. The van der Waals surface area contributed by atoms with Gasteiger partial charge in [0.15, 0.2) is 8.32 Å². The number of allylic oxidation sites excluding steroid dienone is 1. The van der Waals surface area contributed by atoms with Crippen LogP contribution in [-0.2, 0) is 9.16 Å². The fourth-order valence-electron chi connectivity index (χ4n) is 1.87. The zero-order chi connectivity index (χ0) is 15.3. The minimum atomic E-state index is -1.83. The maximum Gasteiger partial charge on any atom is 0.213 e. The molecule has 1 fully saturated rings. The Labute approximate surface area is 120 Å². The second-order valence-electron chi connectivity index (χ2n) is 8.57. The van der Waals surface area contributed by atoms with E-state index in [4.69, 9.17) is 9.16 Å². The normalized spacial score (nSPS) is 24.8. The molecule has 1 atom stereocenters. The third-order valence-electron chi connectivity index (χ3n) is 4.61. The van der Waals surface area contributed by atoms with Crippen molar-refractivity contribution in [2.24, 2.45) is 5.41 Å². The van der Waals surface area contributed by atoms with Crippen LogP contribution >= 0.6 is 0 Å². The van der Waals surface area contributed by atoms with E-state index < -0.39 is 14.1 Å². The van der Waals surface area contributed by atoms with Crippen molar-refractivity contribution < 1.29 is 9.16 Å². The average Bonchev–Trinajstić information content (AvgIpc) is 2.05. The number of ether oxygens (including phenoxy) is 1. The van der Waals surface area contributed by atoms with E-state index in [1.165, 1.54) is 5.57 Å². The summed E-state index contributed by atoms with van der Waals surface area (Å²) in [5.74, 6) is 0.663. The number of rotatable bonds is 2. The van der Waals surface area contributed by atoms with Crippen LogP contribution in [0.3, 0.4) is 0 Å². The first kappa shape index (κ1) is 16.8. The minimum Gasteiger partial charge on any atom is -0.466 e. The van der Waals surface area contributed by atoms with Gasteiger partial charge < -0.3 is 9.16 Å². The molecule has 0 amide bonds. The summed E-state index contributed by atoms with van der Waals surface area (Å²) in [5.41, 5.74) is 1.25. The van der Waals surface area contributed by atoms with Crippen molar-refractivity contribution in [2.45, 2.75) is 85.7 Å². The summed E-state index contributed by atoms with van der Waals surface area (Å²) in [6, 6.07) is 0. The molecule has 1 heterocycles. The van der Waals surface area contributed by atoms with Gasteiger partial charge in [-0.25, -0.2) is 0 Å². The van der Waals surface area contributed by atoms with Crippen LogP contribution in [0.4, 0.5) is 0 Å². The van der Waals surface area contributed by atoms with Crippen molar-refractivity contribution in [1.29, 1.82) is 0 Å². The van der Waals surface area contributed by atoms with E-state index >= 15 is 0 Å². The molecule has 19 heavy (non-hydrogen) atoms. The third kappa shape index (κ3) is 3.08. The van der Waals surface area contributed by atoms with Crippen LogP contribution in [0.15, 0.2) is 11.3 Å². The summed E-state index contributed by atoms with van der Waals surface area (Å²) in [4.78, 5) is 0. The van der Waals surface area contributed by atoms with Crippen molar-refractivity contribution in [3.05, 3.63) is 11.3 Å². The lowest BCUT2D eigenvalue weighted by Crippen LogP contribution is -2.61. The van der Waals surface area contributed by atoms with E-state index in [1.807, 2.05) is 0 Å². The molecule has 0 radical (unpaired) electrons. The van der Waals surface area contributed by atoms with Crippen LogP contribution in [0.25, 0.3) is 0 Å². The molecule has 2 nitrogen and oxygen atoms in total. The summed E-state index contributed by atoms with van der Waals surface area (Å²) >= 11 is 0. The van der Waals surface area contributed by atoms with Gasteiger partial charge >= 0.3 is 0 Å². The van der Waals surface area contributed by atoms with Gasteiger partial charge in [0, 0.05) is 5.41 Å². The highest BCUT2D eigenvalue weighted by atomic mass is 28.4. The number of hydrogen-bond acceptors (Lipinski definition) is 2. The van der Waals surface area contributed by atoms with Crippen molar-refractivity contribution in [3.8, 4) is 0 Å². The highest BCUT2D eigenvalue weighted by Gasteiger charge is 2.58. The van der Waals surface area contributed by atoms with Crippen LogP contribution in [0.1, 0.15) is 61.8 Å². The Morgan fingerprint density at radius 2 is 1.53 bits per heavy atom. The van der Waals surface area contributed by atoms with Crippen LogP contribution in [0.5, 0.6) is 0 Å². The summed E-state index contributed by atoms with van der Waals surface area (Å²) in [6.45, 7) is 22.3. The molecule has 0 aromatic carbocycles. The molecular formula is C16H32O2Si. The van der Waals surface area contributed by atoms with Gasteiger partial charge in [-0.15, -0.1) is 0 Å². The lowest BCUT2D eigenvalue weighted by atomic mass is 9.79. The van der Waals surface area contributed by atoms with Gasteiger partial charge in [0.05, 0.1) is 6.42 Å².